The fourth-order valence-electron chi connectivity index (χ4n) is 2.06. The van der Waals surface area contributed by atoms with Crippen LogP contribution in [0.4, 0.5) is 0 Å². The third-order valence-corrected chi connectivity index (χ3v) is 2.68. The van der Waals surface area contributed by atoms with E-state index in [-0.39, 0.29) is 29.6 Å². The van der Waals surface area contributed by atoms with Crippen molar-refractivity contribution in [1.82, 2.24) is 0 Å². The fraction of sp³-hybridized carbons (Fsp3) is 0.600. The molecule has 2 rings (SSSR count). The summed E-state index contributed by atoms with van der Waals surface area (Å²) in [5.41, 5.74) is 1.69. The summed E-state index contributed by atoms with van der Waals surface area (Å²) in [6, 6.07) is 0. The molecule has 1 saturated carbocycles. The van der Waals surface area contributed by atoms with Crippen molar-refractivity contribution >= 4 is 29.6 Å². The Hall–Kier alpha value is 0.480. The Kier molecular flexibility index (Phi) is 3.91. The molecular weight excluding hydrogens is 143 g/mol. The van der Waals surface area contributed by atoms with Crippen LogP contribution in [0.1, 0.15) is 32.1 Å². The first-order chi connectivity index (χ1) is 4.97. The van der Waals surface area contributed by atoms with Gasteiger partial charge < -0.3 is 0 Å². The molecular formula is C10H15Na. The first kappa shape index (κ1) is 9.57. The van der Waals surface area contributed by atoms with Crippen LogP contribution in [0.2, 0.25) is 0 Å². The van der Waals surface area contributed by atoms with Crippen molar-refractivity contribution in [2.45, 2.75) is 32.1 Å². The monoisotopic (exact) mass is 158 g/mol. The van der Waals surface area contributed by atoms with E-state index >= 15 is 0 Å². The molecule has 0 amide bonds. The molecule has 2 aliphatic carbocycles. The minimum absolute atomic E-state index is 0. The van der Waals surface area contributed by atoms with E-state index in [0.717, 1.165) is 5.92 Å². The topological polar surface area (TPSA) is 0 Å². The molecule has 0 spiro atoms. The van der Waals surface area contributed by atoms with Gasteiger partial charge in [0, 0.05) is 0 Å². The first-order valence-electron chi connectivity index (χ1n) is 4.32. The SMILES string of the molecule is C1=CCC(C2CCCC2)=C1.[NaH]. The molecule has 0 aromatic carbocycles. The van der Waals surface area contributed by atoms with E-state index in [2.05, 4.69) is 18.2 Å². The second-order valence-corrected chi connectivity index (χ2v) is 3.36. The van der Waals surface area contributed by atoms with Gasteiger partial charge in [0.25, 0.3) is 0 Å². The second-order valence-electron chi connectivity index (χ2n) is 3.36. The molecule has 1 fully saturated rings. The van der Waals surface area contributed by atoms with E-state index in [4.69, 9.17) is 0 Å². The van der Waals surface area contributed by atoms with Crippen LogP contribution in [0.3, 0.4) is 0 Å². The molecule has 0 bridgehead atoms. The van der Waals surface area contributed by atoms with Crippen molar-refractivity contribution in [3.63, 3.8) is 0 Å². The van der Waals surface area contributed by atoms with Gasteiger partial charge in [-0.3, -0.25) is 0 Å². The minimum atomic E-state index is 0. The van der Waals surface area contributed by atoms with Crippen LogP contribution in [0.15, 0.2) is 23.8 Å². The quantitative estimate of drug-likeness (QED) is 0.514. The summed E-state index contributed by atoms with van der Waals surface area (Å²) in [6.07, 6.45) is 13.9. The summed E-state index contributed by atoms with van der Waals surface area (Å²) in [5, 5.41) is 0. The average Bonchev–Trinajstić information content (AvgIpc) is 2.59. The predicted octanol–water partition coefficient (Wildman–Crippen LogP) is 2.41. The molecule has 0 N–H and O–H groups in total. The summed E-state index contributed by atoms with van der Waals surface area (Å²) >= 11 is 0. The van der Waals surface area contributed by atoms with E-state index in [0.29, 0.717) is 0 Å². The number of rotatable bonds is 1. The molecule has 0 aromatic heterocycles. The predicted molar refractivity (Wildman–Crippen MR) is 50.9 cm³/mol. The van der Waals surface area contributed by atoms with Gasteiger partial charge in [-0.15, -0.1) is 0 Å². The summed E-state index contributed by atoms with van der Waals surface area (Å²) in [5.74, 6) is 0.954. The van der Waals surface area contributed by atoms with Gasteiger partial charge in [0.2, 0.25) is 0 Å². The number of allylic oxidation sites excluding steroid dienone is 4. The zero-order valence-electron chi connectivity index (χ0n) is 6.34. The van der Waals surface area contributed by atoms with Crippen LogP contribution in [-0.2, 0) is 0 Å². The summed E-state index contributed by atoms with van der Waals surface area (Å²) in [7, 11) is 0. The molecule has 56 valence electrons. The van der Waals surface area contributed by atoms with Crippen LogP contribution in [0.5, 0.6) is 0 Å². The van der Waals surface area contributed by atoms with Crippen molar-refractivity contribution in [1.29, 1.82) is 0 Å². The summed E-state index contributed by atoms with van der Waals surface area (Å²) in [6.45, 7) is 0. The molecule has 0 radical (unpaired) electrons. The molecule has 0 heterocycles. The molecule has 0 nitrogen and oxygen atoms in total. The Labute approximate surface area is 91.0 Å². The average molecular weight is 158 g/mol. The first-order valence-corrected chi connectivity index (χ1v) is 4.32. The van der Waals surface area contributed by atoms with Gasteiger partial charge in [0.15, 0.2) is 0 Å². The number of hydrogen-bond donors (Lipinski definition) is 0. The molecule has 0 aliphatic heterocycles. The summed E-state index contributed by atoms with van der Waals surface area (Å²) < 4.78 is 0. The van der Waals surface area contributed by atoms with Gasteiger partial charge >= 0.3 is 29.6 Å². The van der Waals surface area contributed by atoms with Gasteiger partial charge in [-0.2, -0.15) is 0 Å². The van der Waals surface area contributed by atoms with Gasteiger partial charge in [0.1, 0.15) is 0 Å². The van der Waals surface area contributed by atoms with Crippen LogP contribution in [0, 0.1) is 5.92 Å². The third-order valence-electron chi connectivity index (χ3n) is 2.68. The third kappa shape index (κ3) is 2.21. The van der Waals surface area contributed by atoms with E-state index < -0.39 is 0 Å². The number of hydrogen-bond acceptors (Lipinski definition) is 0. The zero-order chi connectivity index (χ0) is 6.81. The van der Waals surface area contributed by atoms with E-state index in [1.807, 2.05) is 0 Å². The summed E-state index contributed by atoms with van der Waals surface area (Å²) in [4.78, 5) is 0. The van der Waals surface area contributed by atoms with E-state index in [9.17, 15) is 0 Å². The van der Waals surface area contributed by atoms with Gasteiger partial charge in [-0.1, -0.05) is 36.6 Å². The van der Waals surface area contributed by atoms with Crippen LogP contribution in [-0.4, -0.2) is 29.6 Å². The van der Waals surface area contributed by atoms with Crippen LogP contribution >= 0.6 is 0 Å². The Morgan fingerprint density at radius 2 is 1.91 bits per heavy atom. The second kappa shape index (κ2) is 4.49. The fourth-order valence-corrected chi connectivity index (χ4v) is 2.06. The van der Waals surface area contributed by atoms with Gasteiger partial charge in [0.05, 0.1) is 0 Å². The zero-order valence-corrected chi connectivity index (χ0v) is 6.34. The maximum atomic E-state index is 2.32. The Balaban J connectivity index is 0.000000605. The Morgan fingerprint density at radius 1 is 1.18 bits per heavy atom. The van der Waals surface area contributed by atoms with Crippen molar-refractivity contribution in [3.8, 4) is 0 Å². The van der Waals surface area contributed by atoms with Crippen molar-refractivity contribution in [2.75, 3.05) is 0 Å². The maximum absolute atomic E-state index is 2.32. The van der Waals surface area contributed by atoms with Crippen LogP contribution < -0.4 is 0 Å². The van der Waals surface area contributed by atoms with Gasteiger partial charge in [-0.05, 0) is 25.2 Å². The molecule has 0 saturated heterocycles. The standard InChI is InChI=1S/C10H14.Na.H/c1-2-6-9(5-1)10-7-3-4-8-10;;/h1-2,5,10H,3-4,6-8H2;;. The molecule has 0 atom stereocenters. The molecule has 0 aromatic rings. The van der Waals surface area contributed by atoms with Crippen molar-refractivity contribution < 1.29 is 0 Å². The van der Waals surface area contributed by atoms with E-state index in [1.165, 1.54) is 32.1 Å². The molecule has 0 unspecified atom stereocenters. The van der Waals surface area contributed by atoms with Crippen molar-refractivity contribution in [3.05, 3.63) is 23.8 Å². The normalized spacial score (nSPS) is 23.5. The van der Waals surface area contributed by atoms with Crippen molar-refractivity contribution in [2.24, 2.45) is 5.92 Å². The van der Waals surface area contributed by atoms with Crippen LogP contribution in [0.25, 0.3) is 0 Å². The Bertz CT molecular complexity index is 173. The van der Waals surface area contributed by atoms with Gasteiger partial charge in [-0.25, -0.2) is 0 Å². The Morgan fingerprint density at radius 3 is 2.45 bits per heavy atom. The molecule has 1 heteroatoms. The molecule has 11 heavy (non-hydrogen) atoms. The molecule has 2 aliphatic rings. The van der Waals surface area contributed by atoms with E-state index in [1.54, 1.807) is 5.57 Å².